The summed E-state index contributed by atoms with van der Waals surface area (Å²) in [6.07, 6.45) is 5.47. The number of rotatable bonds is 8. The van der Waals surface area contributed by atoms with E-state index in [1.54, 1.807) is 0 Å². The fourth-order valence-corrected chi connectivity index (χ4v) is 4.00. The van der Waals surface area contributed by atoms with E-state index in [4.69, 9.17) is 0 Å². The predicted molar refractivity (Wildman–Crippen MR) is 145 cm³/mol. The Labute approximate surface area is 201 Å². The van der Waals surface area contributed by atoms with E-state index in [0.717, 1.165) is 32.1 Å². The summed E-state index contributed by atoms with van der Waals surface area (Å²) in [6.45, 7) is 8.34. The van der Waals surface area contributed by atoms with Gasteiger partial charge in [-0.3, -0.25) is 0 Å². The van der Waals surface area contributed by atoms with Crippen LogP contribution in [0.25, 0.3) is 11.1 Å². The van der Waals surface area contributed by atoms with Crippen LogP contribution in [0.3, 0.4) is 0 Å². The fraction of sp³-hybridized carbons (Fsp3) is 0.273. The molecule has 0 amide bonds. The van der Waals surface area contributed by atoms with Gasteiger partial charge in [0.15, 0.2) is 0 Å². The van der Waals surface area contributed by atoms with Gasteiger partial charge in [0.1, 0.15) is 0 Å². The largest absolute Gasteiger partial charge is 0.0683 e. The van der Waals surface area contributed by atoms with E-state index in [2.05, 4.69) is 111 Å². The lowest BCUT2D eigenvalue weighted by atomic mass is 9.98. The summed E-state index contributed by atoms with van der Waals surface area (Å²) in [5.74, 6) is 0. The lowest BCUT2D eigenvalue weighted by Crippen LogP contribution is -1.93. The van der Waals surface area contributed by atoms with E-state index >= 15 is 0 Å². The minimum atomic E-state index is 1.08. The van der Waals surface area contributed by atoms with Gasteiger partial charge in [0.25, 0.3) is 0 Å². The number of hydrogen-bond acceptors (Lipinski definition) is 0. The SMILES string of the molecule is CC.CCc1ccc(CCc2ccc(-c3ccc(CCc4ccc(C)cc4)cc3)cc2)cc1. The number of aryl methyl sites for hydroxylation is 6. The van der Waals surface area contributed by atoms with E-state index in [1.807, 2.05) is 13.8 Å². The summed E-state index contributed by atoms with van der Waals surface area (Å²) in [5.41, 5.74) is 10.9. The molecule has 33 heavy (non-hydrogen) atoms. The van der Waals surface area contributed by atoms with Crippen LogP contribution in [-0.2, 0) is 32.1 Å². The van der Waals surface area contributed by atoms with Crippen LogP contribution in [0.2, 0.25) is 0 Å². The number of benzene rings is 4. The molecular weight excluding hydrogens is 396 g/mol. The quantitative estimate of drug-likeness (QED) is 0.260. The highest BCUT2D eigenvalue weighted by molar-refractivity contribution is 5.64. The third kappa shape index (κ3) is 7.46. The maximum atomic E-state index is 2.28. The molecule has 0 saturated carbocycles. The highest BCUT2D eigenvalue weighted by Crippen LogP contribution is 2.22. The summed E-state index contributed by atoms with van der Waals surface area (Å²) in [6, 6.07) is 36.1. The van der Waals surface area contributed by atoms with Crippen LogP contribution in [-0.4, -0.2) is 0 Å². The van der Waals surface area contributed by atoms with Crippen molar-refractivity contribution in [2.45, 2.75) is 59.8 Å². The van der Waals surface area contributed by atoms with Gasteiger partial charge >= 0.3 is 0 Å². The molecule has 4 rings (SSSR count). The van der Waals surface area contributed by atoms with Crippen molar-refractivity contribution in [1.82, 2.24) is 0 Å². The third-order valence-electron chi connectivity index (χ3n) is 6.20. The zero-order valence-corrected chi connectivity index (χ0v) is 20.8. The molecule has 0 radical (unpaired) electrons. The van der Waals surface area contributed by atoms with E-state index in [0.29, 0.717) is 0 Å². The van der Waals surface area contributed by atoms with Crippen LogP contribution in [0.4, 0.5) is 0 Å². The molecule has 0 N–H and O–H groups in total. The summed E-state index contributed by atoms with van der Waals surface area (Å²) < 4.78 is 0. The molecule has 0 aromatic heterocycles. The Hall–Kier alpha value is -3.12. The molecule has 0 aliphatic heterocycles. The van der Waals surface area contributed by atoms with Crippen molar-refractivity contribution in [3.63, 3.8) is 0 Å². The Kier molecular flexibility index (Phi) is 9.51. The minimum Gasteiger partial charge on any atom is -0.0683 e. The summed E-state index contributed by atoms with van der Waals surface area (Å²) >= 11 is 0. The van der Waals surface area contributed by atoms with Gasteiger partial charge in [-0.1, -0.05) is 123 Å². The predicted octanol–water partition coefficient (Wildman–Crippen LogP) is 8.82. The van der Waals surface area contributed by atoms with Crippen LogP contribution >= 0.6 is 0 Å². The average Bonchev–Trinajstić information content (AvgIpc) is 2.89. The van der Waals surface area contributed by atoms with Crippen molar-refractivity contribution in [3.8, 4) is 11.1 Å². The van der Waals surface area contributed by atoms with E-state index in [-0.39, 0.29) is 0 Å². The maximum absolute atomic E-state index is 2.28. The molecule has 0 aliphatic carbocycles. The first kappa shape index (κ1) is 24.5. The molecule has 0 aliphatic rings. The van der Waals surface area contributed by atoms with Gasteiger partial charge in [-0.25, -0.2) is 0 Å². The van der Waals surface area contributed by atoms with Crippen molar-refractivity contribution in [3.05, 3.63) is 130 Å². The van der Waals surface area contributed by atoms with Gasteiger partial charge in [-0.15, -0.1) is 0 Å². The smallest absolute Gasteiger partial charge is 0.0184 e. The van der Waals surface area contributed by atoms with Crippen molar-refractivity contribution < 1.29 is 0 Å². The van der Waals surface area contributed by atoms with E-state index in [1.165, 1.54) is 44.5 Å². The lowest BCUT2D eigenvalue weighted by molar-refractivity contribution is 0.957. The minimum absolute atomic E-state index is 1.08. The summed E-state index contributed by atoms with van der Waals surface area (Å²) in [7, 11) is 0. The first-order valence-corrected chi connectivity index (χ1v) is 12.5. The third-order valence-corrected chi connectivity index (χ3v) is 6.20. The van der Waals surface area contributed by atoms with Gasteiger partial charge in [0.05, 0.1) is 0 Å². The fourth-order valence-electron chi connectivity index (χ4n) is 4.00. The second-order valence-corrected chi connectivity index (χ2v) is 8.55. The molecule has 4 aromatic carbocycles. The van der Waals surface area contributed by atoms with Crippen LogP contribution in [0.1, 0.15) is 54.2 Å². The first-order chi connectivity index (χ1) is 16.2. The van der Waals surface area contributed by atoms with Gasteiger partial charge in [-0.05, 0) is 78.0 Å². The molecule has 0 bridgehead atoms. The normalized spacial score (nSPS) is 10.4. The van der Waals surface area contributed by atoms with Crippen LogP contribution in [0.15, 0.2) is 97.1 Å². The molecule has 0 atom stereocenters. The highest BCUT2D eigenvalue weighted by Gasteiger charge is 2.02. The van der Waals surface area contributed by atoms with Gasteiger partial charge in [0, 0.05) is 0 Å². The Morgan fingerprint density at radius 2 is 0.667 bits per heavy atom. The molecule has 0 saturated heterocycles. The summed E-state index contributed by atoms with van der Waals surface area (Å²) in [5, 5.41) is 0. The molecule has 0 nitrogen and oxygen atoms in total. The molecule has 0 heteroatoms. The van der Waals surface area contributed by atoms with Crippen LogP contribution in [0, 0.1) is 6.92 Å². The van der Waals surface area contributed by atoms with Gasteiger partial charge in [-0.2, -0.15) is 0 Å². The highest BCUT2D eigenvalue weighted by atomic mass is 14.1. The van der Waals surface area contributed by atoms with E-state index in [9.17, 15) is 0 Å². The second-order valence-electron chi connectivity index (χ2n) is 8.55. The van der Waals surface area contributed by atoms with Crippen LogP contribution in [0.5, 0.6) is 0 Å². The molecule has 0 spiro atoms. The Bertz CT molecular complexity index is 1070. The topological polar surface area (TPSA) is 0 Å². The van der Waals surface area contributed by atoms with Crippen LogP contribution < -0.4 is 0 Å². The zero-order valence-electron chi connectivity index (χ0n) is 20.8. The second kappa shape index (κ2) is 12.8. The molecule has 0 unspecified atom stereocenters. The standard InChI is InChI=1S/C31H32.C2H6/c1-3-25-8-10-27(11-9-25)13-15-29-18-22-31(23-19-29)30-20-16-28(17-21-30)14-12-26-6-4-24(2)5-7-26;1-2/h4-11,16-23H,3,12-15H2,1-2H3;1-2H3. The molecule has 170 valence electrons. The Balaban J connectivity index is 0.00000149. The zero-order chi connectivity index (χ0) is 23.5. The monoisotopic (exact) mass is 434 g/mol. The van der Waals surface area contributed by atoms with Gasteiger partial charge < -0.3 is 0 Å². The van der Waals surface area contributed by atoms with E-state index < -0.39 is 0 Å². The molecule has 0 heterocycles. The van der Waals surface area contributed by atoms with Gasteiger partial charge in [0.2, 0.25) is 0 Å². The average molecular weight is 435 g/mol. The molecule has 4 aromatic rings. The molecular formula is C33H38. The Morgan fingerprint density at radius 1 is 0.394 bits per heavy atom. The van der Waals surface area contributed by atoms with Crippen molar-refractivity contribution in [1.29, 1.82) is 0 Å². The molecule has 0 fully saturated rings. The maximum Gasteiger partial charge on any atom is -0.0184 e. The lowest BCUT2D eigenvalue weighted by Gasteiger charge is -2.07. The van der Waals surface area contributed by atoms with Crippen molar-refractivity contribution in [2.75, 3.05) is 0 Å². The first-order valence-electron chi connectivity index (χ1n) is 12.5. The number of hydrogen-bond donors (Lipinski definition) is 0. The van der Waals surface area contributed by atoms with Crippen molar-refractivity contribution in [2.24, 2.45) is 0 Å². The Morgan fingerprint density at radius 3 is 1.00 bits per heavy atom. The summed E-state index contributed by atoms with van der Waals surface area (Å²) in [4.78, 5) is 0. The van der Waals surface area contributed by atoms with Crippen molar-refractivity contribution >= 4 is 0 Å².